The summed E-state index contributed by atoms with van der Waals surface area (Å²) >= 11 is 0. The van der Waals surface area contributed by atoms with Crippen LogP contribution in [0, 0.1) is 22.7 Å². The fourth-order valence-corrected chi connectivity index (χ4v) is 5.97. The van der Waals surface area contributed by atoms with E-state index in [4.69, 9.17) is 9.47 Å². The molecule has 0 spiro atoms. The summed E-state index contributed by atoms with van der Waals surface area (Å²) in [5, 5.41) is 0. The summed E-state index contributed by atoms with van der Waals surface area (Å²) in [6.07, 6.45) is 13.0. The van der Waals surface area contributed by atoms with Crippen molar-refractivity contribution in [1.29, 1.82) is 0 Å². The zero-order valence-electron chi connectivity index (χ0n) is 17.1. The predicted octanol–water partition coefficient (Wildman–Crippen LogP) is 5.76. The van der Waals surface area contributed by atoms with Crippen LogP contribution in [0.4, 0.5) is 0 Å². The second-order valence-electron chi connectivity index (χ2n) is 9.54. The lowest BCUT2D eigenvalue weighted by Gasteiger charge is -2.15. The van der Waals surface area contributed by atoms with Crippen LogP contribution < -0.4 is 0 Å². The summed E-state index contributed by atoms with van der Waals surface area (Å²) < 4.78 is 10.8. The van der Waals surface area contributed by atoms with Crippen molar-refractivity contribution in [3.05, 3.63) is 24.3 Å². The molecule has 4 rings (SSSR count). The average Bonchev–Trinajstić information content (AvgIpc) is 3.50. The molecule has 4 unspecified atom stereocenters. The van der Waals surface area contributed by atoms with E-state index in [1.54, 1.807) is 0 Å². The largest absolute Gasteiger partial charge is 0.462 e. The van der Waals surface area contributed by atoms with E-state index in [1.807, 2.05) is 0 Å². The number of esters is 2. The van der Waals surface area contributed by atoms with Crippen molar-refractivity contribution < 1.29 is 19.1 Å². The minimum absolute atomic E-state index is 0. The van der Waals surface area contributed by atoms with Crippen LogP contribution in [0.5, 0.6) is 0 Å². The van der Waals surface area contributed by atoms with Crippen LogP contribution in [0.25, 0.3) is 0 Å². The predicted molar refractivity (Wildman–Crippen MR) is 114 cm³/mol. The van der Waals surface area contributed by atoms with Crippen LogP contribution in [0.3, 0.4) is 0 Å². The molecule has 0 heterocycles. The molecule has 4 nitrogen and oxygen atoms in total. The Morgan fingerprint density at radius 1 is 0.759 bits per heavy atom. The zero-order valence-corrected chi connectivity index (χ0v) is 17.1. The molecule has 4 aliphatic carbocycles. The van der Waals surface area contributed by atoms with Crippen molar-refractivity contribution >= 4 is 11.9 Å². The third-order valence-corrected chi connectivity index (χ3v) is 8.01. The molecular weight excluding hydrogens is 364 g/mol. The van der Waals surface area contributed by atoms with Crippen LogP contribution in [0.15, 0.2) is 24.3 Å². The fourth-order valence-electron chi connectivity index (χ4n) is 5.97. The van der Waals surface area contributed by atoms with Gasteiger partial charge in [0.15, 0.2) is 0 Å². The number of hydrogen-bond acceptors (Lipinski definition) is 4. The van der Waals surface area contributed by atoms with E-state index in [0.29, 0.717) is 36.2 Å². The van der Waals surface area contributed by atoms with E-state index in [2.05, 4.69) is 13.2 Å². The minimum Gasteiger partial charge on any atom is -0.462 e. The molecule has 0 aliphatic heterocycles. The van der Waals surface area contributed by atoms with E-state index >= 15 is 0 Å². The van der Waals surface area contributed by atoms with E-state index in [-0.39, 0.29) is 30.2 Å². The second kappa shape index (κ2) is 8.65. The van der Waals surface area contributed by atoms with Crippen LogP contribution >= 0.6 is 0 Å². The van der Waals surface area contributed by atoms with Gasteiger partial charge in [-0.3, -0.25) is 0 Å². The van der Waals surface area contributed by atoms with Crippen molar-refractivity contribution in [2.75, 3.05) is 13.2 Å². The Hall–Kier alpha value is -1.58. The first-order valence-corrected chi connectivity index (χ1v) is 11.2. The SMILES string of the molecule is C.C=C(C(=O)OCCCCCCOC(=O)C(=C)C12CCCC1C2)C12CCCC1C2. The van der Waals surface area contributed by atoms with Gasteiger partial charge in [0, 0.05) is 22.0 Å². The first-order valence-electron chi connectivity index (χ1n) is 11.2. The lowest BCUT2D eigenvalue weighted by Crippen LogP contribution is -2.17. The number of ether oxygens (including phenoxy) is 2. The van der Waals surface area contributed by atoms with Crippen LogP contribution in [-0.2, 0) is 19.1 Å². The number of hydrogen-bond donors (Lipinski definition) is 0. The second-order valence-corrected chi connectivity index (χ2v) is 9.54. The number of unbranched alkanes of at least 4 members (excludes halogenated alkanes) is 3. The lowest BCUT2D eigenvalue weighted by molar-refractivity contribution is -0.141. The number of rotatable bonds is 11. The quantitative estimate of drug-likeness (QED) is 0.250. The molecule has 0 aromatic rings. The topological polar surface area (TPSA) is 52.6 Å². The summed E-state index contributed by atoms with van der Waals surface area (Å²) in [4.78, 5) is 24.4. The number of carbonyl (C=O) groups is 2. The van der Waals surface area contributed by atoms with Crippen molar-refractivity contribution in [3.8, 4) is 0 Å². The molecule has 4 fully saturated rings. The van der Waals surface area contributed by atoms with E-state index in [9.17, 15) is 9.59 Å². The van der Waals surface area contributed by atoms with Gasteiger partial charge in [-0.15, -0.1) is 0 Å². The van der Waals surface area contributed by atoms with Gasteiger partial charge >= 0.3 is 11.9 Å². The van der Waals surface area contributed by atoms with Gasteiger partial charge in [0.05, 0.1) is 13.2 Å². The fraction of sp³-hybridized carbons (Fsp3) is 0.760. The number of fused-ring (bicyclic) bond motifs is 2. The monoisotopic (exact) mass is 402 g/mol. The summed E-state index contributed by atoms with van der Waals surface area (Å²) in [6.45, 7) is 8.97. The smallest absolute Gasteiger partial charge is 0.333 e. The highest BCUT2D eigenvalue weighted by Gasteiger charge is 2.60. The van der Waals surface area contributed by atoms with Gasteiger partial charge in [-0.2, -0.15) is 0 Å². The van der Waals surface area contributed by atoms with Crippen LogP contribution in [-0.4, -0.2) is 25.2 Å². The van der Waals surface area contributed by atoms with Crippen LogP contribution in [0.1, 0.15) is 84.5 Å². The van der Waals surface area contributed by atoms with E-state index in [1.165, 1.54) is 25.7 Å². The Kier molecular flexibility index (Phi) is 6.60. The molecule has 4 heteroatoms. The van der Waals surface area contributed by atoms with Gasteiger partial charge in [0.2, 0.25) is 0 Å². The lowest BCUT2D eigenvalue weighted by atomic mass is 9.94. The maximum Gasteiger partial charge on any atom is 0.333 e. The van der Waals surface area contributed by atoms with Crippen molar-refractivity contribution in [2.45, 2.75) is 84.5 Å². The maximum atomic E-state index is 12.2. The highest BCUT2D eigenvalue weighted by atomic mass is 16.5. The Morgan fingerprint density at radius 3 is 1.48 bits per heavy atom. The molecule has 162 valence electrons. The first kappa shape index (κ1) is 22.1. The molecule has 0 bridgehead atoms. The summed E-state index contributed by atoms with van der Waals surface area (Å²) in [5.41, 5.74) is 1.62. The first-order chi connectivity index (χ1) is 13.5. The van der Waals surface area contributed by atoms with Gasteiger partial charge in [0.25, 0.3) is 0 Å². The Labute approximate surface area is 176 Å². The molecule has 4 saturated carbocycles. The van der Waals surface area contributed by atoms with Gasteiger partial charge in [-0.25, -0.2) is 9.59 Å². The molecule has 0 amide bonds. The standard InChI is InChI=1S/C24H34O4.CH4/c1-17(23-11-7-9-19(23)15-23)21(25)27-13-5-3-4-6-14-28-22(26)18(2)24-12-8-10-20(24)16-24;/h19-20H,1-16H2;1H4. The minimum atomic E-state index is -0.193. The molecule has 0 aromatic heterocycles. The Bertz CT molecular complexity index is 622. The highest BCUT2D eigenvalue weighted by Crippen LogP contribution is 2.68. The Balaban J connectivity index is 0.00000240. The Morgan fingerprint density at radius 2 is 1.17 bits per heavy atom. The molecule has 4 atom stereocenters. The molecule has 29 heavy (non-hydrogen) atoms. The third-order valence-electron chi connectivity index (χ3n) is 8.01. The van der Waals surface area contributed by atoms with Crippen molar-refractivity contribution in [1.82, 2.24) is 0 Å². The van der Waals surface area contributed by atoms with Crippen LogP contribution in [0.2, 0.25) is 0 Å². The molecule has 4 aliphatic rings. The molecule has 0 radical (unpaired) electrons. The van der Waals surface area contributed by atoms with E-state index in [0.717, 1.165) is 51.4 Å². The maximum absolute atomic E-state index is 12.2. The molecule has 0 aromatic carbocycles. The third kappa shape index (κ3) is 4.18. The normalized spacial score (nSPS) is 33.1. The van der Waals surface area contributed by atoms with Gasteiger partial charge in [-0.1, -0.05) is 33.4 Å². The highest BCUT2D eigenvalue weighted by molar-refractivity contribution is 5.90. The van der Waals surface area contributed by atoms with Crippen molar-refractivity contribution in [3.63, 3.8) is 0 Å². The molecule has 0 N–H and O–H groups in total. The van der Waals surface area contributed by atoms with Gasteiger partial charge < -0.3 is 9.47 Å². The van der Waals surface area contributed by atoms with Gasteiger partial charge in [0.1, 0.15) is 0 Å². The van der Waals surface area contributed by atoms with Gasteiger partial charge in [-0.05, 0) is 76.0 Å². The van der Waals surface area contributed by atoms with E-state index < -0.39 is 0 Å². The molecular formula is C25H38O4. The number of carbonyl (C=O) groups excluding carboxylic acids is 2. The molecule has 0 saturated heterocycles. The summed E-state index contributed by atoms with van der Waals surface area (Å²) in [5.74, 6) is 0.985. The van der Waals surface area contributed by atoms with Crippen molar-refractivity contribution in [2.24, 2.45) is 22.7 Å². The average molecular weight is 403 g/mol. The zero-order chi connectivity index (χ0) is 19.8. The summed E-state index contributed by atoms with van der Waals surface area (Å²) in [6, 6.07) is 0. The summed E-state index contributed by atoms with van der Waals surface area (Å²) in [7, 11) is 0.